The highest BCUT2D eigenvalue weighted by molar-refractivity contribution is 7.17. The van der Waals surface area contributed by atoms with E-state index in [0.29, 0.717) is 29.0 Å². The Morgan fingerprint density at radius 1 is 1.17 bits per heavy atom. The molecule has 1 aromatic carbocycles. The molecule has 5 rings (SSSR count). The molecule has 1 saturated heterocycles. The number of aromatic nitrogens is 3. The number of fused-ring (bicyclic) bond motifs is 1. The molecule has 178 valence electrons. The van der Waals surface area contributed by atoms with Crippen LogP contribution in [0.4, 0.5) is 5.13 Å². The van der Waals surface area contributed by atoms with Gasteiger partial charge in [-0.05, 0) is 24.3 Å². The predicted molar refractivity (Wildman–Crippen MR) is 133 cm³/mol. The number of Topliss-reactive ketones (excluding diaryl/α,β-unsaturated/α-hetero) is 1. The molecule has 0 aliphatic carbocycles. The summed E-state index contributed by atoms with van der Waals surface area (Å²) in [5.74, 6) is -1.45. The van der Waals surface area contributed by atoms with E-state index in [9.17, 15) is 14.4 Å². The lowest BCUT2D eigenvalue weighted by Crippen LogP contribution is -2.30. The summed E-state index contributed by atoms with van der Waals surface area (Å²) in [6, 6.07) is 10.2. The van der Waals surface area contributed by atoms with Crippen molar-refractivity contribution in [2.75, 3.05) is 25.5 Å². The fourth-order valence-electron chi connectivity index (χ4n) is 4.12. The lowest BCUT2D eigenvalue weighted by molar-refractivity contribution is -0.112. The van der Waals surface area contributed by atoms with Gasteiger partial charge < -0.3 is 9.64 Å². The normalized spacial score (nSPS) is 15.3. The topological polar surface area (TPSA) is 114 Å². The van der Waals surface area contributed by atoms with Gasteiger partial charge in [-0.3, -0.25) is 19.7 Å². The quantitative estimate of drug-likeness (QED) is 0.300. The lowest BCUT2D eigenvalue weighted by atomic mass is 9.99. The number of nitrogens with zero attached hydrogens (tertiary/aromatic N) is 4. The summed E-state index contributed by atoms with van der Waals surface area (Å²) >= 11 is 2.37. The van der Waals surface area contributed by atoms with Crippen molar-refractivity contribution in [3.8, 4) is 5.88 Å². The fraction of sp³-hybridized carbons (Fsp3) is 0.250. The number of thiazole rings is 1. The first kappa shape index (κ1) is 23.1. The van der Waals surface area contributed by atoms with Crippen LogP contribution in [0.2, 0.25) is 0 Å². The van der Waals surface area contributed by atoms with Crippen molar-refractivity contribution in [3.63, 3.8) is 0 Å². The van der Waals surface area contributed by atoms with Gasteiger partial charge in [-0.25, -0.2) is 9.97 Å². The number of nitrogens with one attached hydrogen (secondary N) is 1. The second-order valence-corrected chi connectivity index (χ2v) is 9.85. The predicted octanol–water partition coefficient (Wildman–Crippen LogP) is 3.68. The Morgan fingerprint density at radius 3 is 2.74 bits per heavy atom. The van der Waals surface area contributed by atoms with Crippen molar-refractivity contribution < 1.29 is 19.1 Å². The zero-order valence-corrected chi connectivity index (χ0v) is 20.4. The first-order valence-electron chi connectivity index (χ1n) is 10.9. The van der Waals surface area contributed by atoms with E-state index >= 15 is 0 Å². The van der Waals surface area contributed by atoms with Crippen molar-refractivity contribution >= 4 is 55.7 Å². The van der Waals surface area contributed by atoms with Crippen LogP contribution in [0.5, 0.6) is 5.88 Å². The molecule has 1 atom stereocenters. The van der Waals surface area contributed by atoms with Crippen LogP contribution in [0.25, 0.3) is 10.3 Å². The van der Waals surface area contributed by atoms with Gasteiger partial charge in [0, 0.05) is 30.0 Å². The van der Waals surface area contributed by atoms with Crippen molar-refractivity contribution in [3.05, 3.63) is 64.1 Å². The molecule has 0 radical (unpaired) electrons. The lowest BCUT2D eigenvalue weighted by Gasteiger charge is -2.17. The van der Waals surface area contributed by atoms with Gasteiger partial charge in [0.2, 0.25) is 5.88 Å². The standard InChI is InChI=1S/C24H21N5O4S2/c1-33-21-18(23(32)29-9-7-15(12-29)11-14-5-3-2-4-6-14)26-17-16(13-35-22(17)28-21)19(30)20(31)27-24-25-8-10-34-24/h2-6,8,10,13,15H,7,9,11-12H2,1H3,(H,25,27,31). The number of likely N-dealkylation sites (tertiary alicyclic amines) is 1. The highest BCUT2D eigenvalue weighted by Crippen LogP contribution is 2.30. The van der Waals surface area contributed by atoms with Gasteiger partial charge in [0.05, 0.1) is 12.7 Å². The van der Waals surface area contributed by atoms with Crippen molar-refractivity contribution in [2.24, 2.45) is 5.92 Å². The number of ether oxygens (including phenoxy) is 1. The molecule has 0 bridgehead atoms. The molecule has 1 N–H and O–H groups in total. The van der Waals surface area contributed by atoms with Crippen LogP contribution in [0, 0.1) is 5.92 Å². The van der Waals surface area contributed by atoms with Gasteiger partial charge in [0.1, 0.15) is 10.3 Å². The molecule has 4 aromatic rings. The minimum Gasteiger partial charge on any atom is -0.479 e. The monoisotopic (exact) mass is 507 g/mol. The molecule has 1 aliphatic heterocycles. The third-order valence-corrected chi connectivity index (χ3v) is 7.37. The first-order valence-corrected chi connectivity index (χ1v) is 12.7. The molecule has 4 heterocycles. The summed E-state index contributed by atoms with van der Waals surface area (Å²) in [5.41, 5.74) is 1.57. The van der Waals surface area contributed by atoms with Gasteiger partial charge in [0.15, 0.2) is 10.8 Å². The Hall–Kier alpha value is -3.70. The highest BCUT2D eigenvalue weighted by Gasteiger charge is 2.31. The third kappa shape index (κ3) is 4.77. The number of amides is 2. The number of ketones is 1. The van der Waals surface area contributed by atoms with Gasteiger partial charge in [-0.15, -0.1) is 22.7 Å². The number of thiophene rings is 1. The number of carbonyl (C=O) groups excluding carboxylic acids is 3. The minimum atomic E-state index is -0.826. The molecule has 9 nitrogen and oxygen atoms in total. The fourth-order valence-corrected chi connectivity index (χ4v) is 5.49. The molecule has 35 heavy (non-hydrogen) atoms. The minimum absolute atomic E-state index is 0.0353. The molecule has 11 heteroatoms. The van der Waals surface area contributed by atoms with E-state index < -0.39 is 11.7 Å². The largest absolute Gasteiger partial charge is 0.479 e. The summed E-state index contributed by atoms with van der Waals surface area (Å²) < 4.78 is 5.36. The van der Waals surface area contributed by atoms with Crippen molar-refractivity contribution in [1.29, 1.82) is 0 Å². The summed E-state index contributed by atoms with van der Waals surface area (Å²) in [5, 5.41) is 6.02. The number of anilines is 1. The average molecular weight is 508 g/mol. The van der Waals surface area contributed by atoms with Crippen LogP contribution in [0.1, 0.15) is 32.8 Å². The molecule has 1 fully saturated rings. The molecular weight excluding hydrogens is 486 g/mol. The first-order chi connectivity index (χ1) is 17.0. The van der Waals surface area contributed by atoms with E-state index in [2.05, 4.69) is 32.4 Å². The zero-order valence-electron chi connectivity index (χ0n) is 18.8. The maximum atomic E-state index is 13.4. The van der Waals surface area contributed by atoms with Crippen LogP contribution in [0.15, 0.2) is 47.3 Å². The van der Waals surface area contributed by atoms with Crippen LogP contribution < -0.4 is 10.1 Å². The van der Waals surface area contributed by atoms with Gasteiger partial charge in [-0.2, -0.15) is 4.98 Å². The highest BCUT2D eigenvalue weighted by atomic mass is 32.1. The van der Waals surface area contributed by atoms with Crippen LogP contribution in [0.3, 0.4) is 0 Å². The molecular formula is C24H21N5O4S2. The Labute approximate surface area is 208 Å². The van der Waals surface area contributed by atoms with E-state index in [-0.39, 0.29) is 28.6 Å². The smallest absolute Gasteiger partial charge is 0.298 e. The Kier molecular flexibility index (Phi) is 6.51. The summed E-state index contributed by atoms with van der Waals surface area (Å²) in [6.07, 6.45) is 3.31. The number of rotatable bonds is 7. The van der Waals surface area contributed by atoms with E-state index in [1.807, 2.05) is 18.2 Å². The summed E-state index contributed by atoms with van der Waals surface area (Å²) in [6.45, 7) is 1.20. The molecule has 2 amide bonds. The molecule has 3 aromatic heterocycles. The second kappa shape index (κ2) is 9.88. The molecule has 0 saturated carbocycles. The van der Waals surface area contributed by atoms with Gasteiger partial charge in [0.25, 0.3) is 17.6 Å². The number of methoxy groups -OCH3 is 1. The Balaban J connectivity index is 1.38. The van der Waals surface area contributed by atoms with Crippen LogP contribution in [-0.2, 0) is 11.2 Å². The van der Waals surface area contributed by atoms with Gasteiger partial charge in [-0.1, -0.05) is 30.3 Å². The molecule has 0 spiro atoms. The van der Waals surface area contributed by atoms with E-state index in [1.54, 1.807) is 10.3 Å². The molecule has 1 aliphatic rings. The van der Waals surface area contributed by atoms with E-state index in [4.69, 9.17) is 4.74 Å². The maximum Gasteiger partial charge on any atom is 0.298 e. The summed E-state index contributed by atoms with van der Waals surface area (Å²) in [7, 11) is 1.43. The Morgan fingerprint density at radius 2 is 2.00 bits per heavy atom. The maximum absolute atomic E-state index is 13.4. The van der Waals surface area contributed by atoms with Gasteiger partial charge >= 0.3 is 0 Å². The van der Waals surface area contributed by atoms with Crippen molar-refractivity contribution in [1.82, 2.24) is 19.9 Å². The SMILES string of the molecule is COc1nc2scc(C(=O)C(=O)Nc3nccs3)c2nc1C(=O)N1CCC(Cc2ccccc2)C1. The second-order valence-electron chi connectivity index (χ2n) is 8.10. The average Bonchev–Trinajstić information content (AvgIpc) is 3.64. The Bertz CT molecular complexity index is 1390. The van der Waals surface area contributed by atoms with Crippen molar-refractivity contribution in [2.45, 2.75) is 12.8 Å². The number of carbonyl (C=O) groups is 3. The number of hydrogen-bond donors (Lipinski definition) is 1. The van der Waals surface area contributed by atoms with Crippen LogP contribution >= 0.6 is 22.7 Å². The van der Waals surface area contributed by atoms with E-state index in [0.717, 1.165) is 24.2 Å². The summed E-state index contributed by atoms with van der Waals surface area (Å²) in [4.78, 5) is 53.7. The molecule has 1 unspecified atom stereocenters. The number of hydrogen-bond acceptors (Lipinski definition) is 9. The number of benzene rings is 1. The third-order valence-electron chi connectivity index (χ3n) is 5.82. The zero-order chi connectivity index (χ0) is 24.4. The van der Waals surface area contributed by atoms with Crippen LogP contribution in [-0.4, -0.2) is 57.6 Å². The van der Waals surface area contributed by atoms with E-state index in [1.165, 1.54) is 35.6 Å².